The van der Waals surface area contributed by atoms with E-state index in [9.17, 15) is 18.0 Å². The van der Waals surface area contributed by atoms with E-state index in [4.69, 9.17) is 34.4 Å². The van der Waals surface area contributed by atoms with Gasteiger partial charge in [-0.25, -0.2) is 6.57 Å². The number of amides is 1. The van der Waals surface area contributed by atoms with Gasteiger partial charge in [0.25, 0.3) is 0 Å². The summed E-state index contributed by atoms with van der Waals surface area (Å²) >= 11 is 5.88. The van der Waals surface area contributed by atoms with Crippen molar-refractivity contribution >= 4 is 29.0 Å². The number of benzene rings is 1. The van der Waals surface area contributed by atoms with Crippen LogP contribution in [0.5, 0.6) is 6.01 Å². The molecule has 0 bridgehead atoms. The smallest absolute Gasteiger partial charge is 0.419 e. The number of carbonyl (C=O) groups excluding carboxylic acids is 1. The number of hydrogen-bond acceptors (Lipinski definition) is 8. The largest absolute Gasteiger partial charge is 0.462 e. The maximum atomic E-state index is 13.6. The molecule has 4 rings (SSSR count). The molecule has 0 unspecified atom stereocenters. The number of carbonyl (C=O) groups is 1. The Kier molecular flexibility index (Phi) is 18.0. The number of nitrogen functional groups attached to an aromatic ring is 1. The second kappa shape index (κ2) is 20.5. The average Bonchev–Trinajstić information content (AvgIpc) is 3.41. The summed E-state index contributed by atoms with van der Waals surface area (Å²) in [4.78, 5) is 27.7. The number of primary amides is 1. The Balaban J connectivity index is 0.000000552. The van der Waals surface area contributed by atoms with Gasteiger partial charge in [-0.2, -0.15) is 23.1 Å². The van der Waals surface area contributed by atoms with Crippen LogP contribution in [0, 0.1) is 6.57 Å². The first kappa shape index (κ1) is 40.4. The number of rotatable bonds is 8. The fraction of sp³-hybridized carbons (Fsp3) is 0.562. The number of likely N-dealkylation sites (N-methyl/N-ethyl adjacent to an activating group) is 2. The zero-order valence-corrected chi connectivity index (χ0v) is 28.5. The predicted molar refractivity (Wildman–Crippen MR) is 179 cm³/mol. The first-order chi connectivity index (χ1) is 21.8. The Labute approximate surface area is 276 Å². The van der Waals surface area contributed by atoms with Crippen LogP contribution in [-0.2, 0) is 23.9 Å². The Morgan fingerprint density at radius 3 is 2.48 bits per heavy atom. The van der Waals surface area contributed by atoms with Crippen LogP contribution >= 0.6 is 11.6 Å². The number of hydrogen-bond donors (Lipinski definition) is 2. The minimum atomic E-state index is -4.56. The molecule has 3 heterocycles. The lowest BCUT2D eigenvalue weighted by molar-refractivity contribution is -0.137. The molecule has 0 aliphatic carbocycles. The van der Waals surface area contributed by atoms with Crippen LogP contribution in [0.3, 0.4) is 0 Å². The molecule has 0 radical (unpaired) electrons. The summed E-state index contributed by atoms with van der Waals surface area (Å²) in [6.07, 6.45) is 2.12. The lowest BCUT2D eigenvalue weighted by Gasteiger charge is -2.32. The van der Waals surface area contributed by atoms with Crippen molar-refractivity contribution in [3.05, 3.63) is 63.6 Å². The van der Waals surface area contributed by atoms with Gasteiger partial charge in [0.1, 0.15) is 12.4 Å². The van der Waals surface area contributed by atoms with Gasteiger partial charge in [0.15, 0.2) is 0 Å². The molecule has 1 saturated heterocycles. The van der Waals surface area contributed by atoms with Crippen molar-refractivity contribution in [2.75, 3.05) is 64.6 Å². The van der Waals surface area contributed by atoms with Crippen molar-refractivity contribution in [3.63, 3.8) is 0 Å². The maximum absolute atomic E-state index is 13.6. The molecule has 2 aromatic rings. The summed E-state index contributed by atoms with van der Waals surface area (Å²) in [6.45, 7) is 15.7. The van der Waals surface area contributed by atoms with Crippen LogP contribution in [0.25, 0.3) is 4.85 Å². The van der Waals surface area contributed by atoms with E-state index in [0.717, 1.165) is 37.9 Å². The number of nitrogens with zero attached hydrogens (tertiary/aromatic N) is 6. The summed E-state index contributed by atoms with van der Waals surface area (Å²) in [6, 6.07) is 4.65. The van der Waals surface area contributed by atoms with E-state index in [0.29, 0.717) is 43.7 Å². The van der Waals surface area contributed by atoms with Crippen molar-refractivity contribution < 1.29 is 22.7 Å². The lowest BCUT2D eigenvalue weighted by atomic mass is 10.0. The zero-order valence-electron chi connectivity index (χ0n) is 27.7. The van der Waals surface area contributed by atoms with Crippen LogP contribution < -0.4 is 21.1 Å². The molecule has 46 heavy (non-hydrogen) atoms. The number of fused-ring (bicyclic) bond motifs is 1. The molecule has 2 aliphatic rings. The SMILES string of the molecule is CC.CN(C)C/C=C/C(N)=O.CN1CCC[C@@H]1COc1nc(N)c2c(n1)CN(c1cccc(Cl)c1C(F)(F)F)CC2.[C-]#[N+]CCC. The first-order valence-electron chi connectivity index (χ1n) is 15.3. The highest BCUT2D eigenvalue weighted by Gasteiger charge is 2.38. The monoisotopic (exact) mass is 668 g/mol. The van der Waals surface area contributed by atoms with Crippen LogP contribution in [0.15, 0.2) is 30.4 Å². The van der Waals surface area contributed by atoms with Crippen molar-refractivity contribution in [2.24, 2.45) is 5.73 Å². The Morgan fingerprint density at radius 2 is 1.96 bits per heavy atom. The van der Waals surface area contributed by atoms with E-state index in [1.807, 2.05) is 46.8 Å². The van der Waals surface area contributed by atoms with Gasteiger partial charge in [0.05, 0.1) is 28.5 Å². The third-order valence-corrected chi connectivity index (χ3v) is 7.17. The molecule has 1 atom stereocenters. The van der Waals surface area contributed by atoms with E-state index in [2.05, 4.69) is 19.7 Å². The minimum Gasteiger partial charge on any atom is -0.462 e. The second-order valence-electron chi connectivity index (χ2n) is 10.7. The molecule has 4 N–H and O–H groups in total. The van der Waals surface area contributed by atoms with Gasteiger partial charge in [-0.05, 0) is 65.2 Å². The number of halogens is 4. The van der Waals surface area contributed by atoms with Crippen LogP contribution in [0.2, 0.25) is 5.02 Å². The van der Waals surface area contributed by atoms with E-state index in [1.54, 1.807) is 11.0 Å². The van der Waals surface area contributed by atoms with E-state index in [1.165, 1.54) is 24.3 Å². The highest BCUT2D eigenvalue weighted by atomic mass is 35.5. The van der Waals surface area contributed by atoms with Gasteiger partial charge >= 0.3 is 12.2 Å². The molecule has 1 amide bonds. The molecule has 1 aromatic carbocycles. The molecule has 256 valence electrons. The highest BCUT2D eigenvalue weighted by molar-refractivity contribution is 6.31. The molecule has 2 aliphatic heterocycles. The fourth-order valence-corrected chi connectivity index (χ4v) is 4.89. The molecular weight excluding hydrogens is 621 g/mol. The van der Waals surface area contributed by atoms with Crippen molar-refractivity contribution in [3.8, 4) is 6.01 Å². The molecule has 1 aromatic heterocycles. The predicted octanol–water partition coefficient (Wildman–Crippen LogP) is 5.70. The van der Waals surface area contributed by atoms with E-state index < -0.39 is 17.6 Å². The highest BCUT2D eigenvalue weighted by Crippen LogP contribution is 2.42. The van der Waals surface area contributed by atoms with Crippen LogP contribution in [0.4, 0.5) is 24.7 Å². The van der Waals surface area contributed by atoms with Gasteiger partial charge in [-0.1, -0.05) is 44.5 Å². The molecule has 0 saturated carbocycles. The van der Waals surface area contributed by atoms with Crippen LogP contribution in [0.1, 0.15) is 56.9 Å². The Morgan fingerprint density at radius 1 is 1.26 bits per heavy atom. The van der Waals surface area contributed by atoms with Crippen molar-refractivity contribution in [2.45, 2.75) is 65.2 Å². The number of anilines is 2. The first-order valence-corrected chi connectivity index (χ1v) is 15.7. The van der Waals surface area contributed by atoms with Gasteiger partial charge in [0, 0.05) is 31.1 Å². The van der Waals surface area contributed by atoms with Crippen LogP contribution in [-0.4, -0.2) is 85.6 Å². The number of alkyl halides is 3. The molecule has 14 heteroatoms. The summed E-state index contributed by atoms with van der Waals surface area (Å²) in [5.41, 5.74) is 11.5. The molecular formula is C32H48ClF3N8O2. The fourth-order valence-electron chi connectivity index (χ4n) is 4.62. The maximum Gasteiger partial charge on any atom is 0.419 e. The number of aromatic nitrogens is 2. The molecule has 1 fully saturated rings. The quantitative estimate of drug-likeness (QED) is 0.272. The second-order valence-corrected chi connectivity index (χ2v) is 11.1. The number of nitrogens with two attached hydrogens (primary N) is 2. The summed E-state index contributed by atoms with van der Waals surface area (Å²) in [5.74, 6) is -0.0755. The number of ether oxygens (including phenoxy) is 1. The number of likely N-dealkylation sites (tertiary alicyclic amines) is 1. The van der Waals surface area contributed by atoms with Gasteiger partial charge < -0.3 is 35.7 Å². The van der Waals surface area contributed by atoms with Crippen molar-refractivity contribution in [1.82, 2.24) is 19.8 Å². The van der Waals surface area contributed by atoms with Gasteiger partial charge in [-0.3, -0.25) is 4.79 Å². The van der Waals surface area contributed by atoms with Crippen molar-refractivity contribution in [1.29, 1.82) is 0 Å². The lowest BCUT2D eigenvalue weighted by Crippen LogP contribution is -2.34. The molecule has 10 nitrogen and oxygen atoms in total. The third-order valence-electron chi connectivity index (χ3n) is 6.86. The topological polar surface area (TPSA) is 118 Å². The third kappa shape index (κ3) is 13.4. The van der Waals surface area contributed by atoms with Gasteiger partial charge in [-0.15, -0.1) is 0 Å². The summed E-state index contributed by atoms with van der Waals surface area (Å²) in [7, 11) is 5.89. The van der Waals surface area contributed by atoms with E-state index in [-0.39, 0.29) is 23.3 Å². The standard InChI is InChI=1S/C20H23ClF3N5O.C6H12N2O.C4H7N.C2H6/c1-28-8-3-4-12(28)11-30-19-26-15-10-29(9-7-13(15)18(25)27-19)16-6-2-5-14(21)17(16)20(22,23)24;1-8(2)5-3-4-6(7)9;1-3-4-5-2;1-2/h2,5-6,12H,3-4,7-11H2,1H3,(H2,25,26,27);3-4H,5H2,1-2H3,(H2,7,9);3-4H2,1H3;1-2H3/b;4-3+;;/t12-;;;/m1.../s1. The summed E-state index contributed by atoms with van der Waals surface area (Å²) < 4.78 is 46.5. The van der Waals surface area contributed by atoms with Gasteiger partial charge in [0.2, 0.25) is 12.5 Å². The summed E-state index contributed by atoms with van der Waals surface area (Å²) in [5, 5.41) is -0.322. The zero-order chi connectivity index (χ0) is 34.9. The Hall–Kier alpha value is -3.60. The minimum absolute atomic E-state index is 0.0351. The normalized spacial score (nSPS) is 15.9. The van der Waals surface area contributed by atoms with E-state index >= 15 is 0 Å². The Bertz CT molecular complexity index is 1300. The average molecular weight is 669 g/mol. The molecule has 0 spiro atoms.